The molecule has 0 saturated heterocycles. The number of hydrogen-bond donors (Lipinski definition) is 1. The molecule has 1 N–H and O–H groups in total. The van der Waals surface area contributed by atoms with Crippen molar-refractivity contribution in [1.82, 2.24) is 0 Å². The average Bonchev–Trinajstić information content (AvgIpc) is 2.14. The van der Waals surface area contributed by atoms with E-state index in [-0.39, 0.29) is 0 Å². The van der Waals surface area contributed by atoms with Gasteiger partial charge in [-0.15, -0.1) is 0 Å². The number of carboxylic acid groups (broad SMARTS) is 1. The van der Waals surface area contributed by atoms with E-state index < -0.39 is 19.2 Å². The molecule has 0 aliphatic rings. The fourth-order valence-corrected chi connectivity index (χ4v) is 2.31. The van der Waals surface area contributed by atoms with Gasteiger partial charge in [-0.1, -0.05) is 5.57 Å². The standard InChI is InChI=1S/C8H15O5P/c1-6(5-8(9)10)7(2)14(11,12-3)13-4/h5,7H,1-4H3,(H,9,10)/b6-5-. The molecule has 1 unspecified atom stereocenters. The number of rotatable bonds is 5. The molecule has 0 spiro atoms. The number of carboxylic acids is 1. The summed E-state index contributed by atoms with van der Waals surface area (Å²) in [4.78, 5) is 10.4. The van der Waals surface area contributed by atoms with Crippen LogP contribution in [0.5, 0.6) is 0 Å². The van der Waals surface area contributed by atoms with Gasteiger partial charge in [-0.2, -0.15) is 0 Å². The Balaban J connectivity index is 4.85. The summed E-state index contributed by atoms with van der Waals surface area (Å²) < 4.78 is 21.3. The molecular formula is C8H15O5P. The zero-order chi connectivity index (χ0) is 11.4. The molecule has 0 amide bonds. The highest BCUT2D eigenvalue weighted by Gasteiger charge is 2.31. The summed E-state index contributed by atoms with van der Waals surface area (Å²) in [7, 11) is -0.671. The van der Waals surface area contributed by atoms with Gasteiger partial charge < -0.3 is 14.2 Å². The van der Waals surface area contributed by atoms with Crippen LogP contribution >= 0.6 is 7.60 Å². The van der Waals surface area contributed by atoms with Crippen molar-refractivity contribution in [2.24, 2.45) is 0 Å². The van der Waals surface area contributed by atoms with E-state index in [4.69, 9.17) is 14.2 Å². The average molecular weight is 222 g/mol. The van der Waals surface area contributed by atoms with Crippen LogP contribution in [-0.4, -0.2) is 31.0 Å². The molecule has 82 valence electrons. The fourth-order valence-electron chi connectivity index (χ4n) is 0.956. The van der Waals surface area contributed by atoms with E-state index in [9.17, 15) is 9.36 Å². The second kappa shape index (κ2) is 5.29. The quantitative estimate of drug-likeness (QED) is 0.568. The maximum absolute atomic E-state index is 11.8. The normalized spacial score (nSPS) is 15.3. The molecule has 0 fully saturated rings. The Morgan fingerprint density at radius 1 is 1.43 bits per heavy atom. The van der Waals surface area contributed by atoms with Gasteiger partial charge in [0.05, 0.1) is 5.66 Å². The molecule has 0 bridgehead atoms. The summed E-state index contributed by atoms with van der Waals surface area (Å²) in [5, 5.41) is 8.50. The zero-order valence-corrected chi connectivity index (χ0v) is 9.58. The van der Waals surface area contributed by atoms with Crippen LogP contribution in [0.25, 0.3) is 0 Å². The molecule has 6 heteroatoms. The maximum Gasteiger partial charge on any atom is 0.336 e. The Labute approximate surface area is 83.3 Å². The van der Waals surface area contributed by atoms with Crippen molar-refractivity contribution < 1.29 is 23.5 Å². The fraction of sp³-hybridized carbons (Fsp3) is 0.625. The van der Waals surface area contributed by atoms with Crippen molar-refractivity contribution in [2.45, 2.75) is 19.5 Å². The van der Waals surface area contributed by atoms with E-state index in [1.165, 1.54) is 14.2 Å². The second-order valence-corrected chi connectivity index (χ2v) is 5.39. The van der Waals surface area contributed by atoms with Crippen molar-refractivity contribution >= 4 is 13.6 Å². The number of hydrogen-bond acceptors (Lipinski definition) is 4. The van der Waals surface area contributed by atoms with Crippen LogP contribution in [0, 0.1) is 0 Å². The Hall–Kier alpha value is -0.640. The van der Waals surface area contributed by atoms with Crippen LogP contribution in [0.4, 0.5) is 0 Å². The highest BCUT2D eigenvalue weighted by molar-refractivity contribution is 7.54. The van der Waals surface area contributed by atoms with E-state index in [0.717, 1.165) is 6.08 Å². The van der Waals surface area contributed by atoms with E-state index in [1.54, 1.807) is 13.8 Å². The van der Waals surface area contributed by atoms with Crippen molar-refractivity contribution in [2.75, 3.05) is 14.2 Å². The first-order valence-corrected chi connectivity index (χ1v) is 5.61. The first kappa shape index (κ1) is 13.4. The van der Waals surface area contributed by atoms with E-state index in [0.29, 0.717) is 5.57 Å². The van der Waals surface area contributed by atoms with Crippen molar-refractivity contribution in [1.29, 1.82) is 0 Å². The second-order valence-electron chi connectivity index (χ2n) is 2.81. The van der Waals surface area contributed by atoms with Gasteiger partial charge >= 0.3 is 13.6 Å². The lowest BCUT2D eigenvalue weighted by Gasteiger charge is -2.20. The van der Waals surface area contributed by atoms with Gasteiger partial charge in [-0.25, -0.2) is 4.79 Å². The third-order valence-corrected chi connectivity index (χ3v) is 4.37. The minimum Gasteiger partial charge on any atom is -0.478 e. The lowest BCUT2D eigenvalue weighted by molar-refractivity contribution is -0.131. The Morgan fingerprint density at radius 2 is 1.86 bits per heavy atom. The third kappa shape index (κ3) is 3.25. The van der Waals surface area contributed by atoms with Crippen molar-refractivity contribution in [3.05, 3.63) is 11.6 Å². The summed E-state index contributed by atoms with van der Waals surface area (Å²) >= 11 is 0. The van der Waals surface area contributed by atoms with Gasteiger partial charge in [0.2, 0.25) is 0 Å². The molecule has 14 heavy (non-hydrogen) atoms. The lowest BCUT2D eigenvalue weighted by Crippen LogP contribution is -2.09. The van der Waals surface area contributed by atoms with Gasteiger partial charge in [-0.05, 0) is 13.8 Å². The lowest BCUT2D eigenvalue weighted by atomic mass is 10.2. The highest BCUT2D eigenvalue weighted by atomic mass is 31.2. The van der Waals surface area contributed by atoms with Gasteiger partial charge in [0, 0.05) is 20.3 Å². The molecule has 1 atom stereocenters. The molecule has 0 saturated carbocycles. The summed E-state index contributed by atoms with van der Waals surface area (Å²) in [6.07, 6.45) is 0.995. The van der Waals surface area contributed by atoms with E-state index >= 15 is 0 Å². The first-order chi connectivity index (χ1) is 6.37. The van der Waals surface area contributed by atoms with Crippen molar-refractivity contribution in [3.63, 3.8) is 0 Å². The largest absolute Gasteiger partial charge is 0.478 e. The Bertz CT molecular complexity index is 275. The monoisotopic (exact) mass is 222 g/mol. The SMILES string of the molecule is COP(=O)(OC)C(C)/C(C)=C\C(=O)O. The van der Waals surface area contributed by atoms with Gasteiger partial charge in [0.1, 0.15) is 0 Å². The predicted octanol–water partition coefficient (Wildman–Crippen LogP) is 1.89. The van der Waals surface area contributed by atoms with Crippen LogP contribution in [0.15, 0.2) is 11.6 Å². The molecule has 5 nitrogen and oxygen atoms in total. The van der Waals surface area contributed by atoms with Crippen LogP contribution in [-0.2, 0) is 18.4 Å². The number of carbonyl (C=O) groups is 1. The van der Waals surface area contributed by atoms with Crippen LogP contribution in [0.1, 0.15) is 13.8 Å². The molecule has 0 rings (SSSR count). The maximum atomic E-state index is 11.8. The molecule has 0 aliphatic carbocycles. The molecule has 0 aliphatic heterocycles. The topological polar surface area (TPSA) is 72.8 Å². The molecular weight excluding hydrogens is 207 g/mol. The predicted molar refractivity (Wildman–Crippen MR) is 52.5 cm³/mol. The van der Waals surface area contributed by atoms with E-state index in [1.807, 2.05) is 0 Å². The Morgan fingerprint density at radius 3 is 2.14 bits per heavy atom. The minimum absolute atomic E-state index is 0.449. The van der Waals surface area contributed by atoms with Crippen molar-refractivity contribution in [3.8, 4) is 0 Å². The van der Waals surface area contributed by atoms with Gasteiger partial charge in [0.15, 0.2) is 0 Å². The Kier molecular flexibility index (Phi) is 5.05. The molecule has 0 aromatic rings. The number of allylic oxidation sites excluding steroid dienone is 1. The van der Waals surface area contributed by atoms with Crippen LogP contribution < -0.4 is 0 Å². The smallest absolute Gasteiger partial charge is 0.336 e. The van der Waals surface area contributed by atoms with E-state index in [2.05, 4.69) is 0 Å². The summed E-state index contributed by atoms with van der Waals surface area (Å²) in [6.45, 7) is 3.17. The molecule has 0 aromatic carbocycles. The number of aliphatic carboxylic acids is 1. The first-order valence-electron chi connectivity index (χ1n) is 3.99. The minimum atomic E-state index is -3.22. The summed E-state index contributed by atoms with van der Waals surface area (Å²) in [5.74, 6) is -1.08. The van der Waals surface area contributed by atoms with Gasteiger partial charge in [-0.3, -0.25) is 4.57 Å². The molecule has 0 heterocycles. The van der Waals surface area contributed by atoms with Crippen LogP contribution in [0.2, 0.25) is 0 Å². The van der Waals surface area contributed by atoms with Crippen LogP contribution in [0.3, 0.4) is 0 Å². The summed E-state index contributed by atoms with van der Waals surface area (Å²) in [6, 6.07) is 0. The third-order valence-electron chi connectivity index (χ3n) is 1.99. The zero-order valence-electron chi connectivity index (χ0n) is 8.68. The van der Waals surface area contributed by atoms with Gasteiger partial charge in [0.25, 0.3) is 0 Å². The molecule has 0 radical (unpaired) electrons. The highest BCUT2D eigenvalue weighted by Crippen LogP contribution is 2.53. The molecule has 0 aromatic heterocycles. The summed E-state index contributed by atoms with van der Waals surface area (Å²) in [5.41, 5.74) is -0.113.